The van der Waals surface area contributed by atoms with Crippen molar-refractivity contribution in [2.24, 2.45) is 11.8 Å². The number of nitrogen functional groups attached to an aromatic ring is 1. The molecule has 8 heteroatoms. The number of halogens is 1. The summed E-state index contributed by atoms with van der Waals surface area (Å²) in [7, 11) is 3.50. The standard InChI is InChI=1S/C21H27FN6O/c1-12-13(2)24-20(23)25-19(12)27-9-15-10-28(21(29)26(3)4)18(17(15)11-27)14-6-5-7-16(22)8-14/h5-8,15,17-18H,9-11H2,1-4H3,(H2,23,24,25)/t15-,17-,18+/m1/s1. The van der Waals surface area contributed by atoms with Gasteiger partial charge in [0.1, 0.15) is 11.6 Å². The van der Waals surface area contributed by atoms with Gasteiger partial charge in [0, 0.05) is 56.8 Å². The highest BCUT2D eigenvalue weighted by molar-refractivity contribution is 5.75. The van der Waals surface area contributed by atoms with Gasteiger partial charge in [-0.2, -0.15) is 4.98 Å². The van der Waals surface area contributed by atoms with Crippen LogP contribution in [0.2, 0.25) is 0 Å². The molecule has 1 aromatic heterocycles. The maximum atomic E-state index is 14.0. The van der Waals surface area contributed by atoms with E-state index in [1.165, 1.54) is 6.07 Å². The number of benzene rings is 1. The molecule has 7 nitrogen and oxygen atoms in total. The topological polar surface area (TPSA) is 78.6 Å². The summed E-state index contributed by atoms with van der Waals surface area (Å²) in [5.74, 6) is 1.31. The van der Waals surface area contributed by atoms with E-state index >= 15 is 0 Å². The van der Waals surface area contributed by atoms with Crippen LogP contribution in [0.5, 0.6) is 0 Å². The number of carbonyl (C=O) groups excluding carboxylic acids is 1. The highest BCUT2D eigenvalue weighted by Crippen LogP contribution is 2.46. The second kappa shape index (κ2) is 7.17. The molecule has 2 aliphatic rings. The van der Waals surface area contributed by atoms with Crippen LogP contribution in [0.3, 0.4) is 0 Å². The quantitative estimate of drug-likeness (QED) is 0.841. The van der Waals surface area contributed by atoms with Crippen LogP contribution in [-0.2, 0) is 0 Å². The highest BCUT2D eigenvalue weighted by atomic mass is 19.1. The van der Waals surface area contributed by atoms with Gasteiger partial charge in [0.2, 0.25) is 5.95 Å². The summed E-state index contributed by atoms with van der Waals surface area (Å²) in [5.41, 5.74) is 8.62. The molecule has 3 atom stereocenters. The molecular weight excluding hydrogens is 371 g/mol. The average Bonchev–Trinajstić information content (AvgIpc) is 3.21. The maximum absolute atomic E-state index is 14.0. The number of amides is 2. The largest absolute Gasteiger partial charge is 0.368 e. The molecular formula is C21H27FN6O. The Balaban J connectivity index is 1.68. The molecule has 2 aliphatic heterocycles. The van der Waals surface area contributed by atoms with E-state index in [2.05, 4.69) is 14.9 Å². The molecule has 0 bridgehead atoms. The number of hydrogen-bond donors (Lipinski definition) is 1. The van der Waals surface area contributed by atoms with E-state index in [0.29, 0.717) is 6.54 Å². The van der Waals surface area contributed by atoms with Crippen LogP contribution in [-0.4, -0.2) is 59.5 Å². The Labute approximate surface area is 170 Å². The number of hydrogen-bond acceptors (Lipinski definition) is 5. The Morgan fingerprint density at radius 2 is 1.97 bits per heavy atom. The molecule has 2 aromatic rings. The third-order valence-electron chi connectivity index (χ3n) is 6.16. The van der Waals surface area contributed by atoms with Crippen LogP contribution in [0.1, 0.15) is 22.9 Å². The van der Waals surface area contributed by atoms with Crippen molar-refractivity contribution in [1.82, 2.24) is 19.8 Å². The van der Waals surface area contributed by atoms with Crippen molar-refractivity contribution in [3.63, 3.8) is 0 Å². The van der Waals surface area contributed by atoms with Gasteiger partial charge in [0.15, 0.2) is 0 Å². The van der Waals surface area contributed by atoms with E-state index < -0.39 is 0 Å². The van der Waals surface area contributed by atoms with E-state index in [1.54, 1.807) is 31.1 Å². The lowest BCUT2D eigenvalue weighted by Crippen LogP contribution is -2.41. The van der Waals surface area contributed by atoms with Crippen LogP contribution in [0.25, 0.3) is 0 Å². The number of likely N-dealkylation sites (tertiary alicyclic amines) is 1. The van der Waals surface area contributed by atoms with E-state index in [-0.39, 0.29) is 35.7 Å². The molecule has 2 amide bonds. The lowest BCUT2D eigenvalue weighted by atomic mass is 9.89. The van der Waals surface area contributed by atoms with E-state index in [1.807, 2.05) is 24.8 Å². The molecule has 0 aliphatic carbocycles. The summed E-state index contributed by atoms with van der Waals surface area (Å²) in [5, 5.41) is 0. The number of anilines is 2. The van der Waals surface area contributed by atoms with Gasteiger partial charge in [-0.15, -0.1) is 0 Å². The Hall–Kier alpha value is -2.90. The third-order valence-corrected chi connectivity index (χ3v) is 6.16. The average molecular weight is 398 g/mol. The van der Waals surface area contributed by atoms with Crippen LogP contribution in [0.4, 0.5) is 21.0 Å². The van der Waals surface area contributed by atoms with E-state index in [0.717, 1.165) is 35.7 Å². The summed E-state index contributed by atoms with van der Waals surface area (Å²) in [6, 6.07) is 6.39. The molecule has 0 saturated carbocycles. The van der Waals surface area contributed by atoms with Gasteiger partial charge in [-0.25, -0.2) is 14.2 Å². The highest BCUT2D eigenvalue weighted by Gasteiger charge is 2.50. The molecule has 2 fully saturated rings. The lowest BCUT2D eigenvalue weighted by molar-refractivity contribution is 0.159. The molecule has 29 heavy (non-hydrogen) atoms. The molecule has 0 radical (unpaired) electrons. The van der Waals surface area contributed by atoms with Crippen LogP contribution < -0.4 is 10.6 Å². The number of nitrogens with two attached hydrogens (primary N) is 1. The zero-order valence-electron chi connectivity index (χ0n) is 17.3. The minimum absolute atomic E-state index is 0.0430. The monoisotopic (exact) mass is 398 g/mol. The fourth-order valence-electron chi connectivity index (χ4n) is 4.73. The number of rotatable bonds is 2. The molecule has 3 heterocycles. The van der Waals surface area contributed by atoms with Crippen molar-refractivity contribution in [3.05, 3.63) is 46.9 Å². The molecule has 1 aromatic carbocycles. The Bertz CT molecular complexity index is 949. The summed E-state index contributed by atoms with van der Waals surface area (Å²) in [6.45, 7) is 6.09. The van der Waals surface area contributed by atoms with Gasteiger partial charge in [-0.3, -0.25) is 0 Å². The first kappa shape index (κ1) is 19.4. The predicted molar refractivity (Wildman–Crippen MR) is 110 cm³/mol. The Morgan fingerprint density at radius 1 is 1.21 bits per heavy atom. The van der Waals surface area contributed by atoms with Crippen molar-refractivity contribution in [1.29, 1.82) is 0 Å². The summed E-state index contributed by atoms with van der Waals surface area (Å²) < 4.78 is 14.0. The smallest absolute Gasteiger partial charge is 0.320 e. The predicted octanol–water partition coefficient (Wildman–Crippen LogP) is 2.61. The van der Waals surface area contributed by atoms with Gasteiger partial charge in [-0.05, 0) is 31.5 Å². The third kappa shape index (κ3) is 3.36. The van der Waals surface area contributed by atoms with E-state index in [4.69, 9.17) is 5.73 Å². The molecule has 4 rings (SSSR count). The van der Waals surface area contributed by atoms with Crippen molar-refractivity contribution < 1.29 is 9.18 Å². The number of urea groups is 1. The van der Waals surface area contributed by atoms with Crippen molar-refractivity contribution in [3.8, 4) is 0 Å². The Kier molecular flexibility index (Phi) is 4.80. The summed E-state index contributed by atoms with van der Waals surface area (Å²) in [4.78, 5) is 27.3. The fraction of sp³-hybridized carbons (Fsp3) is 0.476. The molecule has 2 saturated heterocycles. The molecule has 0 unspecified atom stereocenters. The van der Waals surface area contributed by atoms with Crippen molar-refractivity contribution in [2.75, 3.05) is 44.4 Å². The second-order valence-electron chi connectivity index (χ2n) is 8.27. The number of carbonyl (C=O) groups is 1. The normalized spacial score (nSPS) is 23.4. The second-order valence-corrected chi connectivity index (χ2v) is 8.27. The molecule has 0 spiro atoms. The lowest BCUT2D eigenvalue weighted by Gasteiger charge is -2.32. The number of aryl methyl sites for hydroxylation is 1. The van der Waals surface area contributed by atoms with Gasteiger partial charge in [0.25, 0.3) is 0 Å². The SMILES string of the molecule is Cc1nc(N)nc(N2C[C@@H]3CN(C(=O)N(C)C)[C@@H](c4cccc(F)c4)[C@@H]3C2)c1C. The summed E-state index contributed by atoms with van der Waals surface area (Å²) in [6.07, 6.45) is 0. The van der Waals surface area contributed by atoms with Crippen LogP contribution >= 0.6 is 0 Å². The van der Waals surface area contributed by atoms with Gasteiger partial charge >= 0.3 is 6.03 Å². The molecule has 2 N–H and O–H groups in total. The van der Waals surface area contributed by atoms with Crippen molar-refractivity contribution >= 4 is 17.8 Å². The number of aromatic nitrogens is 2. The summed E-state index contributed by atoms with van der Waals surface area (Å²) >= 11 is 0. The van der Waals surface area contributed by atoms with E-state index in [9.17, 15) is 9.18 Å². The molecule has 154 valence electrons. The fourth-order valence-corrected chi connectivity index (χ4v) is 4.73. The number of nitrogens with zero attached hydrogens (tertiary/aromatic N) is 5. The zero-order valence-corrected chi connectivity index (χ0v) is 17.3. The first-order valence-corrected chi connectivity index (χ1v) is 9.85. The van der Waals surface area contributed by atoms with Gasteiger partial charge in [-0.1, -0.05) is 12.1 Å². The Morgan fingerprint density at radius 3 is 2.66 bits per heavy atom. The first-order valence-electron chi connectivity index (χ1n) is 9.85. The van der Waals surface area contributed by atoms with Gasteiger partial charge in [0.05, 0.1) is 6.04 Å². The van der Waals surface area contributed by atoms with Gasteiger partial charge < -0.3 is 20.4 Å². The minimum Gasteiger partial charge on any atom is -0.368 e. The first-order chi connectivity index (χ1) is 13.8. The van der Waals surface area contributed by atoms with Crippen LogP contribution in [0.15, 0.2) is 24.3 Å². The maximum Gasteiger partial charge on any atom is 0.320 e. The zero-order chi connectivity index (χ0) is 20.9. The number of fused-ring (bicyclic) bond motifs is 1. The van der Waals surface area contributed by atoms with Crippen molar-refractivity contribution in [2.45, 2.75) is 19.9 Å². The minimum atomic E-state index is -0.284. The van der Waals surface area contributed by atoms with Crippen LogP contribution in [0, 0.1) is 31.5 Å².